The van der Waals surface area contributed by atoms with Crippen molar-refractivity contribution < 1.29 is 9.53 Å². The Hall–Kier alpha value is -2.00. The van der Waals surface area contributed by atoms with Crippen molar-refractivity contribution >= 4 is 23.2 Å². The molecule has 0 saturated heterocycles. The standard InChI is InChI=1S/C16H16ClNO2/c1-11-8-13(17)6-7-15(11)18-16(19)10-12-4-3-5-14(9-12)20-2/h3-9H,10H2,1-2H3,(H,18,19). The van der Waals surface area contributed by atoms with Gasteiger partial charge in [-0.25, -0.2) is 0 Å². The quantitative estimate of drug-likeness (QED) is 0.929. The summed E-state index contributed by atoms with van der Waals surface area (Å²) < 4.78 is 5.14. The van der Waals surface area contributed by atoms with Crippen molar-refractivity contribution in [1.82, 2.24) is 0 Å². The SMILES string of the molecule is COc1cccc(CC(=O)Nc2ccc(Cl)cc2C)c1. The van der Waals surface area contributed by atoms with Gasteiger partial charge in [0.15, 0.2) is 0 Å². The fourth-order valence-electron chi connectivity index (χ4n) is 1.93. The lowest BCUT2D eigenvalue weighted by Gasteiger charge is -2.09. The minimum absolute atomic E-state index is 0.0660. The van der Waals surface area contributed by atoms with Crippen LogP contribution in [0, 0.1) is 6.92 Å². The maximum atomic E-state index is 12.0. The van der Waals surface area contributed by atoms with Crippen molar-refractivity contribution in [2.24, 2.45) is 0 Å². The number of carbonyl (C=O) groups is 1. The number of amides is 1. The first kappa shape index (κ1) is 14.4. The molecule has 2 aromatic rings. The number of rotatable bonds is 4. The number of nitrogens with one attached hydrogen (secondary N) is 1. The molecule has 0 unspecified atom stereocenters. The molecule has 0 heterocycles. The van der Waals surface area contributed by atoms with Crippen molar-refractivity contribution in [3.8, 4) is 5.75 Å². The molecule has 0 aliphatic rings. The van der Waals surface area contributed by atoms with Gasteiger partial charge in [0.25, 0.3) is 0 Å². The van der Waals surface area contributed by atoms with Crippen LogP contribution in [0.1, 0.15) is 11.1 Å². The van der Waals surface area contributed by atoms with Crippen LogP contribution in [0.15, 0.2) is 42.5 Å². The molecule has 0 radical (unpaired) electrons. The third kappa shape index (κ3) is 3.75. The topological polar surface area (TPSA) is 38.3 Å². The van der Waals surface area contributed by atoms with Gasteiger partial charge in [-0.05, 0) is 48.4 Å². The first-order valence-electron chi connectivity index (χ1n) is 6.27. The maximum absolute atomic E-state index is 12.0. The zero-order chi connectivity index (χ0) is 14.5. The van der Waals surface area contributed by atoms with E-state index in [9.17, 15) is 4.79 Å². The molecule has 20 heavy (non-hydrogen) atoms. The number of hydrogen-bond acceptors (Lipinski definition) is 2. The number of methoxy groups -OCH3 is 1. The highest BCUT2D eigenvalue weighted by Gasteiger charge is 2.07. The van der Waals surface area contributed by atoms with Crippen LogP contribution in [-0.4, -0.2) is 13.0 Å². The van der Waals surface area contributed by atoms with Gasteiger partial charge in [0.1, 0.15) is 5.75 Å². The van der Waals surface area contributed by atoms with E-state index in [1.165, 1.54) is 0 Å². The van der Waals surface area contributed by atoms with E-state index in [0.717, 1.165) is 22.6 Å². The molecule has 4 heteroatoms. The number of ether oxygens (including phenoxy) is 1. The van der Waals surface area contributed by atoms with E-state index in [4.69, 9.17) is 16.3 Å². The predicted molar refractivity (Wildman–Crippen MR) is 81.5 cm³/mol. The van der Waals surface area contributed by atoms with E-state index < -0.39 is 0 Å². The minimum Gasteiger partial charge on any atom is -0.497 e. The van der Waals surface area contributed by atoms with Crippen molar-refractivity contribution in [3.05, 3.63) is 58.6 Å². The summed E-state index contributed by atoms with van der Waals surface area (Å²) >= 11 is 5.89. The van der Waals surface area contributed by atoms with Gasteiger partial charge in [0.05, 0.1) is 13.5 Å². The lowest BCUT2D eigenvalue weighted by molar-refractivity contribution is -0.115. The molecule has 2 rings (SSSR count). The van der Waals surface area contributed by atoms with Gasteiger partial charge in [-0.15, -0.1) is 0 Å². The summed E-state index contributed by atoms with van der Waals surface area (Å²) in [4.78, 5) is 12.0. The maximum Gasteiger partial charge on any atom is 0.228 e. The van der Waals surface area contributed by atoms with E-state index in [1.54, 1.807) is 19.2 Å². The Morgan fingerprint density at radius 2 is 2.05 bits per heavy atom. The van der Waals surface area contributed by atoms with E-state index in [1.807, 2.05) is 37.3 Å². The Morgan fingerprint density at radius 3 is 2.75 bits per heavy atom. The van der Waals surface area contributed by atoms with Crippen LogP contribution in [0.5, 0.6) is 5.75 Å². The average Bonchev–Trinajstić information content (AvgIpc) is 2.42. The van der Waals surface area contributed by atoms with Crippen LogP contribution in [0.2, 0.25) is 5.02 Å². The molecule has 0 bridgehead atoms. The highest BCUT2D eigenvalue weighted by atomic mass is 35.5. The summed E-state index contributed by atoms with van der Waals surface area (Å²) in [6, 6.07) is 12.9. The molecule has 0 fully saturated rings. The summed E-state index contributed by atoms with van der Waals surface area (Å²) in [7, 11) is 1.61. The zero-order valence-corrected chi connectivity index (χ0v) is 12.2. The number of benzene rings is 2. The number of carbonyl (C=O) groups excluding carboxylic acids is 1. The highest BCUT2D eigenvalue weighted by Crippen LogP contribution is 2.20. The van der Waals surface area contributed by atoms with Gasteiger partial charge in [0.2, 0.25) is 5.91 Å². The normalized spacial score (nSPS) is 10.2. The van der Waals surface area contributed by atoms with Crippen LogP contribution in [0.4, 0.5) is 5.69 Å². The van der Waals surface area contributed by atoms with Crippen molar-refractivity contribution in [2.45, 2.75) is 13.3 Å². The van der Waals surface area contributed by atoms with Crippen LogP contribution in [0.3, 0.4) is 0 Å². The summed E-state index contributed by atoms with van der Waals surface area (Å²) in [6.45, 7) is 1.91. The number of hydrogen-bond donors (Lipinski definition) is 1. The number of anilines is 1. The molecule has 0 aromatic heterocycles. The fourth-order valence-corrected chi connectivity index (χ4v) is 2.16. The highest BCUT2D eigenvalue weighted by molar-refractivity contribution is 6.30. The van der Waals surface area contributed by atoms with Gasteiger partial charge in [-0.3, -0.25) is 4.79 Å². The van der Waals surface area contributed by atoms with Crippen LogP contribution in [0.25, 0.3) is 0 Å². The Morgan fingerprint density at radius 1 is 1.25 bits per heavy atom. The molecule has 2 aromatic carbocycles. The van der Waals surface area contributed by atoms with Gasteiger partial charge in [-0.1, -0.05) is 23.7 Å². The zero-order valence-electron chi connectivity index (χ0n) is 11.4. The number of halogens is 1. The minimum atomic E-state index is -0.0660. The molecule has 0 spiro atoms. The summed E-state index contributed by atoms with van der Waals surface area (Å²) in [6.07, 6.45) is 0.305. The van der Waals surface area contributed by atoms with Gasteiger partial charge < -0.3 is 10.1 Å². The summed E-state index contributed by atoms with van der Waals surface area (Å²) in [5, 5.41) is 3.55. The molecule has 3 nitrogen and oxygen atoms in total. The molecule has 1 amide bonds. The second-order valence-corrected chi connectivity index (χ2v) is 4.97. The first-order chi connectivity index (χ1) is 9.58. The molecule has 0 aliphatic carbocycles. The molecular weight excluding hydrogens is 274 g/mol. The van der Waals surface area contributed by atoms with Crippen molar-refractivity contribution in [2.75, 3.05) is 12.4 Å². The predicted octanol–water partition coefficient (Wildman–Crippen LogP) is 3.84. The molecular formula is C16H16ClNO2. The van der Waals surface area contributed by atoms with Crippen molar-refractivity contribution in [3.63, 3.8) is 0 Å². The Labute approximate surface area is 123 Å². The van der Waals surface area contributed by atoms with Gasteiger partial charge in [0, 0.05) is 10.7 Å². The van der Waals surface area contributed by atoms with Gasteiger partial charge >= 0.3 is 0 Å². The summed E-state index contributed by atoms with van der Waals surface area (Å²) in [5.41, 5.74) is 2.63. The van der Waals surface area contributed by atoms with Crippen LogP contribution in [-0.2, 0) is 11.2 Å². The van der Waals surface area contributed by atoms with Gasteiger partial charge in [-0.2, -0.15) is 0 Å². The van der Waals surface area contributed by atoms with E-state index in [-0.39, 0.29) is 5.91 Å². The van der Waals surface area contributed by atoms with Crippen LogP contribution < -0.4 is 10.1 Å². The Kier molecular flexibility index (Phi) is 4.64. The molecule has 0 aliphatic heterocycles. The lowest BCUT2D eigenvalue weighted by Crippen LogP contribution is -2.15. The molecule has 0 saturated carbocycles. The lowest BCUT2D eigenvalue weighted by atomic mass is 10.1. The first-order valence-corrected chi connectivity index (χ1v) is 6.65. The van der Waals surface area contributed by atoms with Crippen molar-refractivity contribution in [1.29, 1.82) is 0 Å². The average molecular weight is 290 g/mol. The van der Waals surface area contributed by atoms with Crippen LogP contribution >= 0.6 is 11.6 Å². The molecule has 0 atom stereocenters. The Bertz CT molecular complexity index is 626. The van der Waals surface area contributed by atoms with E-state index >= 15 is 0 Å². The smallest absolute Gasteiger partial charge is 0.228 e. The number of aryl methyl sites for hydroxylation is 1. The third-order valence-corrected chi connectivity index (χ3v) is 3.20. The van der Waals surface area contributed by atoms with E-state index in [0.29, 0.717) is 11.4 Å². The largest absolute Gasteiger partial charge is 0.497 e. The summed E-state index contributed by atoms with van der Waals surface area (Å²) in [5.74, 6) is 0.682. The second-order valence-electron chi connectivity index (χ2n) is 4.54. The monoisotopic (exact) mass is 289 g/mol. The third-order valence-electron chi connectivity index (χ3n) is 2.96. The van der Waals surface area contributed by atoms with E-state index in [2.05, 4.69) is 5.32 Å². The second kappa shape index (κ2) is 6.44. The molecule has 104 valence electrons. The Balaban J connectivity index is 2.05. The molecule has 1 N–H and O–H groups in total. The fraction of sp³-hybridized carbons (Fsp3) is 0.188.